The van der Waals surface area contributed by atoms with Crippen molar-refractivity contribution in [3.63, 3.8) is 0 Å². The molecule has 1 amide bonds. The maximum absolute atomic E-state index is 13.5. The summed E-state index contributed by atoms with van der Waals surface area (Å²) in [6.07, 6.45) is -0.0384. The SMILES string of the molecule is COC(=O)c1ccccc1NCCC(=O)Nc1c(F)cccc1F. The highest BCUT2D eigenvalue weighted by atomic mass is 19.1. The molecule has 0 fully saturated rings. The van der Waals surface area contributed by atoms with Gasteiger partial charge in [-0.2, -0.15) is 0 Å². The molecule has 0 aliphatic carbocycles. The number of methoxy groups -OCH3 is 1. The van der Waals surface area contributed by atoms with Crippen molar-refractivity contribution in [1.82, 2.24) is 0 Å². The smallest absolute Gasteiger partial charge is 0.339 e. The first-order valence-corrected chi connectivity index (χ1v) is 7.18. The molecule has 0 radical (unpaired) electrons. The molecule has 2 aromatic carbocycles. The van der Waals surface area contributed by atoms with Crippen LogP contribution in [0.3, 0.4) is 0 Å². The molecule has 0 aliphatic heterocycles. The number of para-hydroxylation sites is 2. The minimum atomic E-state index is -0.840. The van der Waals surface area contributed by atoms with Gasteiger partial charge < -0.3 is 15.4 Å². The number of carbonyl (C=O) groups is 2. The first-order chi connectivity index (χ1) is 11.5. The number of halogens is 2. The summed E-state index contributed by atoms with van der Waals surface area (Å²) in [7, 11) is 1.27. The zero-order chi connectivity index (χ0) is 17.5. The zero-order valence-electron chi connectivity index (χ0n) is 12.9. The second kappa shape index (κ2) is 8.05. The fourth-order valence-electron chi connectivity index (χ4n) is 2.06. The Hall–Kier alpha value is -2.96. The molecule has 0 saturated heterocycles. The quantitative estimate of drug-likeness (QED) is 0.796. The summed E-state index contributed by atoms with van der Waals surface area (Å²) in [5.74, 6) is -2.74. The molecule has 0 aliphatic rings. The van der Waals surface area contributed by atoms with E-state index in [1.807, 2.05) is 0 Å². The Balaban J connectivity index is 1.93. The predicted molar refractivity (Wildman–Crippen MR) is 85.9 cm³/mol. The first-order valence-electron chi connectivity index (χ1n) is 7.18. The molecule has 0 bridgehead atoms. The van der Waals surface area contributed by atoms with Gasteiger partial charge >= 0.3 is 5.97 Å². The lowest BCUT2D eigenvalue weighted by Gasteiger charge is -2.11. The van der Waals surface area contributed by atoms with Gasteiger partial charge in [0, 0.05) is 18.7 Å². The largest absolute Gasteiger partial charge is 0.465 e. The van der Waals surface area contributed by atoms with Crippen molar-refractivity contribution < 1.29 is 23.1 Å². The van der Waals surface area contributed by atoms with Crippen LogP contribution in [0.5, 0.6) is 0 Å². The zero-order valence-corrected chi connectivity index (χ0v) is 12.9. The summed E-state index contributed by atoms with van der Waals surface area (Å²) < 4.78 is 31.6. The minimum absolute atomic E-state index is 0.0384. The van der Waals surface area contributed by atoms with Crippen molar-refractivity contribution in [2.75, 3.05) is 24.3 Å². The number of ether oxygens (including phenoxy) is 1. The molecule has 0 spiro atoms. The van der Waals surface area contributed by atoms with Gasteiger partial charge in [0.25, 0.3) is 0 Å². The van der Waals surface area contributed by atoms with E-state index in [1.54, 1.807) is 24.3 Å². The topological polar surface area (TPSA) is 67.4 Å². The van der Waals surface area contributed by atoms with E-state index in [1.165, 1.54) is 13.2 Å². The summed E-state index contributed by atoms with van der Waals surface area (Å²) in [5.41, 5.74) is 0.368. The second-order valence-corrected chi connectivity index (χ2v) is 4.86. The van der Waals surface area contributed by atoms with E-state index in [9.17, 15) is 18.4 Å². The van der Waals surface area contributed by atoms with E-state index < -0.39 is 29.2 Å². The molecule has 0 unspecified atom stereocenters. The highest BCUT2D eigenvalue weighted by molar-refractivity contribution is 5.96. The molecule has 5 nitrogen and oxygen atoms in total. The van der Waals surface area contributed by atoms with Crippen LogP contribution in [-0.4, -0.2) is 25.5 Å². The number of nitrogens with one attached hydrogen (secondary N) is 2. The van der Waals surface area contributed by atoms with E-state index >= 15 is 0 Å². The molecule has 0 aromatic heterocycles. The van der Waals surface area contributed by atoms with Crippen molar-refractivity contribution in [3.8, 4) is 0 Å². The highest BCUT2D eigenvalue weighted by Gasteiger charge is 2.13. The van der Waals surface area contributed by atoms with Crippen LogP contribution in [0.15, 0.2) is 42.5 Å². The lowest BCUT2D eigenvalue weighted by molar-refractivity contribution is -0.116. The van der Waals surface area contributed by atoms with Crippen LogP contribution >= 0.6 is 0 Å². The fourth-order valence-corrected chi connectivity index (χ4v) is 2.06. The van der Waals surface area contributed by atoms with Gasteiger partial charge in [0.2, 0.25) is 5.91 Å². The molecule has 7 heteroatoms. The summed E-state index contributed by atoms with van der Waals surface area (Å²) in [5, 5.41) is 5.12. The van der Waals surface area contributed by atoms with Gasteiger partial charge in [-0.05, 0) is 24.3 Å². The van der Waals surface area contributed by atoms with Crippen LogP contribution in [0.4, 0.5) is 20.2 Å². The second-order valence-electron chi connectivity index (χ2n) is 4.86. The summed E-state index contributed by atoms with van der Waals surface area (Å²) in [6.45, 7) is 0.177. The number of esters is 1. The van der Waals surface area contributed by atoms with Crippen LogP contribution in [-0.2, 0) is 9.53 Å². The number of rotatable bonds is 6. The Bertz CT molecular complexity index is 730. The van der Waals surface area contributed by atoms with Crippen molar-refractivity contribution in [2.24, 2.45) is 0 Å². The van der Waals surface area contributed by atoms with Crippen molar-refractivity contribution in [1.29, 1.82) is 0 Å². The molecule has 2 aromatic rings. The third-order valence-corrected chi connectivity index (χ3v) is 3.23. The van der Waals surface area contributed by atoms with Gasteiger partial charge in [-0.15, -0.1) is 0 Å². The molecule has 0 atom stereocenters. The predicted octanol–water partition coefficient (Wildman–Crippen LogP) is 3.19. The summed E-state index contributed by atoms with van der Waals surface area (Å²) in [4.78, 5) is 23.4. The van der Waals surface area contributed by atoms with E-state index in [4.69, 9.17) is 0 Å². The number of amides is 1. The van der Waals surface area contributed by atoms with Gasteiger partial charge in [0.15, 0.2) is 0 Å². The van der Waals surface area contributed by atoms with Crippen LogP contribution in [0.1, 0.15) is 16.8 Å². The standard InChI is InChI=1S/C17H16F2N2O3/c1-24-17(23)11-5-2-3-8-14(11)20-10-9-15(22)21-16-12(18)6-4-7-13(16)19/h2-8,20H,9-10H2,1H3,(H,21,22). The van der Waals surface area contributed by atoms with E-state index in [0.717, 1.165) is 12.1 Å². The first kappa shape index (κ1) is 17.4. The van der Waals surface area contributed by atoms with E-state index in [0.29, 0.717) is 11.3 Å². The summed E-state index contributed by atoms with van der Waals surface area (Å²) >= 11 is 0. The van der Waals surface area contributed by atoms with Gasteiger partial charge in [-0.25, -0.2) is 13.6 Å². The van der Waals surface area contributed by atoms with Gasteiger partial charge in [0.1, 0.15) is 17.3 Å². The van der Waals surface area contributed by atoms with Crippen LogP contribution in [0, 0.1) is 11.6 Å². The Morgan fingerprint density at radius 3 is 2.38 bits per heavy atom. The van der Waals surface area contributed by atoms with Gasteiger partial charge in [0.05, 0.1) is 12.7 Å². The molecule has 0 saturated carbocycles. The Labute approximate surface area is 137 Å². The number of hydrogen-bond acceptors (Lipinski definition) is 4. The van der Waals surface area contributed by atoms with Crippen molar-refractivity contribution >= 4 is 23.3 Å². The number of anilines is 2. The van der Waals surface area contributed by atoms with Crippen molar-refractivity contribution in [2.45, 2.75) is 6.42 Å². The number of benzene rings is 2. The maximum Gasteiger partial charge on any atom is 0.339 e. The third kappa shape index (κ3) is 4.28. The molecule has 24 heavy (non-hydrogen) atoms. The number of carbonyl (C=O) groups excluding carboxylic acids is 2. The Kier molecular flexibility index (Phi) is 5.83. The van der Waals surface area contributed by atoms with E-state index in [-0.39, 0.29) is 13.0 Å². The normalized spacial score (nSPS) is 10.1. The third-order valence-electron chi connectivity index (χ3n) is 3.23. The lowest BCUT2D eigenvalue weighted by Crippen LogP contribution is -2.18. The minimum Gasteiger partial charge on any atom is -0.465 e. The van der Waals surface area contributed by atoms with Gasteiger partial charge in [-0.3, -0.25) is 4.79 Å². The van der Waals surface area contributed by atoms with Crippen LogP contribution in [0.25, 0.3) is 0 Å². The van der Waals surface area contributed by atoms with Crippen molar-refractivity contribution in [3.05, 3.63) is 59.7 Å². The Morgan fingerprint density at radius 2 is 1.71 bits per heavy atom. The molecule has 0 heterocycles. The average molecular weight is 334 g/mol. The molecule has 2 rings (SSSR count). The average Bonchev–Trinajstić information content (AvgIpc) is 2.58. The molecular formula is C17H16F2N2O3. The number of hydrogen-bond donors (Lipinski definition) is 2. The summed E-state index contributed by atoms with van der Waals surface area (Å²) in [6, 6.07) is 10.00. The lowest BCUT2D eigenvalue weighted by atomic mass is 10.1. The molecular weight excluding hydrogens is 318 g/mol. The van der Waals surface area contributed by atoms with E-state index in [2.05, 4.69) is 15.4 Å². The maximum atomic E-state index is 13.5. The Morgan fingerprint density at radius 1 is 1.04 bits per heavy atom. The van der Waals surface area contributed by atoms with Gasteiger partial charge in [-0.1, -0.05) is 18.2 Å². The monoisotopic (exact) mass is 334 g/mol. The molecule has 126 valence electrons. The van der Waals surface area contributed by atoms with Crippen LogP contribution < -0.4 is 10.6 Å². The fraction of sp³-hybridized carbons (Fsp3) is 0.176. The molecule has 2 N–H and O–H groups in total. The highest BCUT2D eigenvalue weighted by Crippen LogP contribution is 2.18. The van der Waals surface area contributed by atoms with Crippen LogP contribution in [0.2, 0.25) is 0 Å².